The van der Waals surface area contributed by atoms with Gasteiger partial charge in [0.2, 0.25) is 0 Å². The van der Waals surface area contributed by atoms with Gasteiger partial charge in [0.1, 0.15) is 5.69 Å². The van der Waals surface area contributed by atoms with Crippen molar-refractivity contribution in [2.45, 2.75) is 12.5 Å². The predicted octanol–water partition coefficient (Wildman–Crippen LogP) is 2.83. The molecule has 2 aromatic heterocycles. The van der Waals surface area contributed by atoms with Crippen LogP contribution in [0.5, 0.6) is 0 Å². The number of benzene rings is 1. The van der Waals surface area contributed by atoms with Crippen molar-refractivity contribution >= 4 is 11.3 Å². The van der Waals surface area contributed by atoms with Crippen LogP contribution in [0.1, 0.15) is 16.6 Å². The molecule has 5 heteroatoms. The monoisotopic (exact) mass is 284 g/mol. The molecule has 0 fully saturated rings. The summed E-state index contributed by atoms with van der Waals surface area (Å²) in [6.45, 7) is 0. The molecule has 0 aliphatic rings. The second-order valence-electron chi connectivity index (χ2n) is 4.52. The maximum absolute atomic E-state index is 4.58. The Bertz CT molecular complexity index is 646. The zero-order valence-corrected chi connectivity index (χ0v) is 12.0. The molecule has 1 unspecified atom stereocenters. The lowest BCUT2D eigenvalue weighted by Crippen LogP contribution is -2.19. The van der Waals surface area contributed by atoms with Crippen molar-refractivity contribution in [1.82, 2.24) is 20.3 Å². The second-order valence-corrected chi connectivity index (χ2v) is 5.55. The number of hydrogen-bond donors (Lipinski definition) is 1. The van der Waals surface area contributed by atoms with E-state index in [0.717, 1.165) is 17.8 Å². The van der Waals surface area contributed by atoms with E-state index in [1.165, 1.54) is 4.88 Å². The van der Waals surface area contributed by atoms with Crippen molar-refractivity contribution in [3.63, 3.8) is 0 Å². The van der Waals surface area contributed by atoms with Crippen molar-refractivity contribution in [2.24, 2.45) is 0 Å². The highest BCUT2D eigenvalue weighted by molar-refractivity contribution is 7.09. The standard InChI is InChI=1S/C15H16N4S/c1-16-14(10-13-8-5-9-20-13)15-11-17-19(18-15)12-6-3-2-4-7-12/h2-9,11,14,16H,10H2,1H3. The SMILES string of the molecule is CNC(Cc1cccs1)c1cnn(-c2ccccc2)n1. The smallest absolute Gasteiger partial charge is 0.100 e. The normalized spacial score (nSPS) is 12.4. The number of likely N-dealkylation sites (N-methyl/N-ethyl adjacent to an activating group) is 1. The fourth-order valence-electron chi connectivity index (χ4n) is 2.10. The molecule has 0 aliphatic carbocycles. The van der Waals surface area contributed by atoms with Crippen molar-refractivity contribution in [3.8, 4) is 5.69 Å². The Labute approximate surface area is 122 Å². The van der Waals surface area contributed by atoms with Crippen LogP contribution >= 0.6 is 11.3 Å². The number of rotatable bonds is 5. The van der Waals surface area contributed by atoms with Gasteiger partial charge in [0.15, 0.2) is 0 Å². The predicted molar refractivity (Wildman–Crippen MR) is 81.2 cm³/mol. The minimum Gasteiger partial charge on any atom is -0.311 e. The van der Waals surface area contributed by atoms with Crippen molar-refractivity contribution in [2.75, 3.05) is 7.05 Å². The summed E-state index contributed by atoms with van der Waals surface area (Å²) >= 11 is 1.77. The van der Waals surface area contributed by atoms with E-state index in [2.05, 4.69) is 33.0 Å². The fraction of sp³-hybridized carbons (Fsp3) is 0.200. The molecule has 1 atom stereocenters. The first kappa shape index (κ1) is 13.0. The van der Waals surface area contributed by atoms with Gasteiger partial charge in [-0.1, -0.05) is 24.3 Å². The average molecular weight is 284 g/mol. The Balaban J connectivity index is 1.81. The molecule has 0 amide bonds. The number of thiophene rings is 1. The van der Waals surface area contributed by atoms with E-state index in [1.54, 1.807) is 16.1 Å². The molecule has 0 saturated carbocycles. The highest BCUT2D eigenvalue weighted by Gasteiger charge is 2.15. The molecule has 3 rings (SSSR count). The Morgan fingerprint density at radius 2 is 2.05 bits per heavy atom. The Morgan fingerprint density at radius 3 is 2.75 bits per heavy atom. The maximum atomic E-state index is 4.58. The number of nitrogens with zero attached hydrogens (tertiary/aromatic N) is 3. The lowest BCUT2D eigenvalue weighted by Gasteiger charge is -2.11. The number of aromatic nitrogens is 3. The lowest BCUT2D eigenvalue weighted by molar-refractivity contribution is 0.571. The van der Waals surface area contributed by atoms with E-state index in [9.17, 15) is 0 Å². The van der Waals surface area contributed by atoms with E-state index < -0.39 is 0 Å². The van der Waals surface area contributed by atoms with Crippen LogP contribution < -0.4 is 5.32 Å². The van der Waals surface area contributed by atoms with Crippen LogP contribution in [-0.2, 0) is 6.42 Å². The Morgan fingerprint density at radius 1 is 1.20 bits per heavy atom. The zero-order chi connectivity index (χ0) is 13.8. The summed E-state index contributed by atoms with van der Waals surface area (Å²) in [5.41, 5.74) is 1.94. The van der Waals surface area contributed by atoms with Gasteiger partial charge in [-0.15, -0.1) is 11.3 Å². The summed E-state index contributed by atoms with van der Waals surface area (Å²) in [5, 5.41) is 14.3. The van der Waals surface area contributed by atoms with Gasteiger partial charge in [-0.3, -0.25) is 0 Å². The molecule has 0 bridgehead atoms. The van der Waals surface area contributed by atoms with Crippen LogP contribution in [0.25, 0.3) is 5.69 Å². The van der Waals surface area contributed by atoms with Crippen LogP contribution in [0, 0.1) is 0 Å². The average Bonchev–Trinajstić information content (AvgIpc) is 3.17. The third kappa shape index (κ3) is 2.79. The highest BCUT2D eigenvalue weighted by Crippen LogP contribution is 2.19. The summed E-state index contributed by atoms with van der Waals surface area (Å²) in [5.74, 6) is 0. The maximum Gasteiger partial charge on any atom is 0.100 e. The number of nitrogens with one attached hydrogen (secondary N) is 1. The molecule has 20 heavy (non-hydrogen) atoms. The summed E-state index contributed by atoms with van der Waals surface area (Å²) in [6.07, 6.45) is 2.77. The van der Waals surface area contributed by atoms with Gasteiger partial charge in [0.25, 0.3) is 0 Å². The molecule has 102 valence electrons. The van der Waals surface area contributed by atoms with E-state index in [-0.39, 0.29) is 6.04 Å². The van der Waals surface area contributed by atoms with Gasteiger partial charge in [-0.05, 0) is 30.6 Å². The zero-order valence-electron chi connectivity index (χ0n) is 11.2. The van der Waals surface area contributed by atoms with Gasteiger partial charge >= 0.3 is 0 Å². The van der Waals surface area contributed by atoms with E-state index in [4.69, 9.17) is 0 Å². The largest absolute Gasteiger partial charge is 0.311 e. The van der Waals surface area contributed by atoms with E-state index >= 15 is 0 Å². The summed E-state index contributed by atoms with van der Waals surface area (Å²) in [7, 11) is 1.96. The molecule has 0 spiro atoms. The highest BCUT2D eigenvalue weighted by atomic mass is 32.1. The molecule has 1 aromatic carbocycles. The van der Waals surface area contributed by atoms with E-state index in [1.807, 2.05) is 43.6 Å². The van der Waals surface area contributed by atoms with Crippen LogP contribution in [0.3, 0.4) is 0 Å². The van der Waals surface area contributed by atoms with Crippen LogP contribution in [-0.4, -0.2) is 22.0 Å². The first-order chi connectivity index (χ1) is 9.86. The first-order valence-electron chi connectivity index (χ1n) is 6.54. The second kappa shape index (κ2) is 5.98. The minimum atomic E-state index is 0.186. The molecule has 4 nitrogen and oxygen atoms in total. The molecular weight excluding hydrogens is 268 g/mol. The van der Waals surface area contributed by atoms with Crippen LogP contribution in [0.4, 0.5) is 0 Å². The van der Waals surface area contributed by atoms with Crippen molar-refractivity contribution < 1.29 is 0 Å². The van der Waals surface area contributed by atoms with Crippen LogP contribution in [0.15, 0.2) is 54.0 Å². The fourth-order valence-corrected chi connectivity index (χ4v) is 2.86. The van der Waals surface area contributed by atoms with Gasteiger partial charge < -0.3 is 5.32 Å². The van der Waals surface area contributed by atoms with E-state index in [0.29, 0.717) is 0 Å². The van der Waals surface area contributed by atoms with Gasteiger partial charge in [0, 0.05) is 11.3 Å². The third-order valence-corrected chi connectivity index (χ3v) is 4.09. The summed E-state index contributed by atoms with van der Waals surface area (Å²) in [4.78, 5) is 3.02. The third-order valence-electron chi connectivity index (χ3n) is 3.19. The summed E-state index contributed by atoms with van der Waals surface area (Å²) < 4.78 is 0. The van der Waals surface area contributed by atoms with Gasteiger partial charge in [0.05, 0.1) is 17.9 Å². The van der Waals surface area contributed by atoms with Gasteiger partial charge in [-0.25, -0.2) is 0 Å². The quantitative estimate of drug-likeness (QED) is 0.783. The molecule has 3 aromatic rings. The van der Waals surface area contributed by atoms with Gasteiger partial charge in [-0.2, -0.15) is 15.0 Å². The molecule has 1 N–H and O–H groups in total. The van der Waals surface area contributed by atoms with Crippen molar-refractivity contribution in [1.29, 1.82) is 0 Å². The lowest BCUT2D eigenvalue weighted by atomic mass is 10.1. The topological polar surface area (TPSA) is 42.7 Å². The summed E-state index contributed by atoms with van der Waals surface area (Å²) in [6, 6.07) is 14.4. The minimum absolute atomic E-state index is 0.186. The number of hydrogen-bond acceptors (Lipinski definition) is 4. The molecular formula is C15H16N4S. The Hall–Kier alpha value is -1.98. The molecule has 0 aliphatic heterocycles. The Kier molecular flexibility index (Phi) is 3.90. The molecule has 2 heterocycles. The molecule has 0 saturated heterocycles. The van der Waals surface area contributed by atoms with Crippen LogP contribution in [0.2, 0.25) is 0 Å². The van der Waals surface area contributed by atoms with Crippen molar-refractivity contribution in [3.05, 3.63) is 64.6 Å². The molecule has 0 radical (unpaired) electrons. The first-order valence-corrected chi connectivity index (χ1v) is 7.42. The number of para-hydroxylation sites is 1.